The van der Waals surface area contributed by atoms with Crippen LogP contribution in [0.1, 0.15) is 38.8 Å². The molecule has 0 fully saturated rings. The Morgan fingerprint density at radius 3 is 2.44 bits per heavy atom. The molecule has 0 bridgehead atoms. The van der Waals surface area contributed by atoms with Crippen LogP contribution in [-0.2, 0) is 4.74 Å². The molecule has 0 aliphatic carbocycles. The van der Waals surface area contributed by atoms with Crippen molar-refractivity contribution < 1.29 is 4.74 Å². The first kappa shape index (κ1) is 13.2. The summed E-state index contributed by atoms with van der Waals surface area (Å²) in [5.74, 6) is 0. The van der Waals surface area contributed by atoms with Crippen molar-refractivity contribution in [3.8, 4) is 0 Å². The largest absolute Gasteiger partial charge is 0.377 e. The number of nitrogens with one attached hydrogen (secondary N) is 1. The monoisotopic (exact) mass is 221 g/mol. The van der Waals surface area contributed by atoms with Crippen LogP contribution in [0.15, 0.2) is 30.3 Å². The van der Waals surface area contributed by atoms with E-state index in [1.807, 2.05) is 13.0 Å². The van der Waals surface area contributed by atoms with Gasteiger partial charge in [0, 0.05) is 6.61 Å². The number of ether oxygens (including phenoxy) is 1. The van der Waals surface area contributed by atoms with Gasteiger partial charge in [-0.15, -0.1) is 0 Å². The maximum atomic E-state index is 5.69. The predicted octanol–water partition coefficient (Wildman–Crippen LogP) is 3.15. The highest BCUT2D eigenvalue weighted by Gasteiger charge is 2.18. The molecule has 2 atom stereocenters. The first-order valence-corrected chi connectivity index (χ1v) is 6.19. The quantitative estimate of drug-likeness (QED) is 0.763. The number of hydrogen-bond donors (Lipinski definition) is 1. The van der Waals surface area contributed by atoms with E-state index >= 15 is 0 Å². The third kappa shape index (κ3) is 3.95. The predicted molar refractivity (Wildman–Crippen MR) is 68.6 cm³/mol. The Balaban J connectivity index is 2.70. The highest BCUT2D eigenvalue weighted by atomic mass is 16.5. The van der Waals surface area contributed by atoms with Crippen LogP contribution in [0.2, 0.25) is 0 Å². The second-order valence-electron chi connectivity index (χ2n) is 4.00. The Morgan fingerprint density at radius 1 is 1.19 bits per heavy atom. The molecule has 90 valence electrons. The molecule has 0 aliphatic heterocycles. The van der Waals surface area contributed by atoms with Crippen molar-refractivity contribution >= 4 is 0 Å². The maximum absolute atomic E-state index is 5.69. The summed E-state index contributed by atoms with van der Waals surface area (Å²) in [4.78, 5) is 0. The molecule has 2 heteroatoms. The summed E-state index contributed by atoms with van der Waals surface area (Å²) < 4.78 is 5.69. The molecule has 1 N–H and O–H groups in total. The standard InChI is InChI=1S/C14H23NO/c1-4-11-15-14(12(3)16-5-2)13-9-7-6-8-10-13/h6-10,12,14-15H,4-5,11H2,1-3H3. The summed E-state index contributed by atoms with van der Waals surface area (Å²) in [6.07, 6.45) is 1.35. The van der Waals surface area contributed by atoms with Crippen molar-refractivity contribution in [1.29, 1.82) is 0 Å². The fraction of sp³-hybridized carbons (Fsp3) is 0.571. The zero-order valence-corrected chi connectivity index (χ0v) is 10.6. The Bertz CT molecular complexity index is 273. The van der Waals surface area contributed by atoms with Crippen molar-refractivity contribution in [2.75, 3.05) is 13.2 Å². The Morgan fingerprint density at radius 2 is 1.88 bits per heavy atom. The Kier molecular flexibility index (Phi) is 6.12. The minimum absolute atomic E-state index is 0.207. The molecule has 0 aliphatic rings. The second-order valence-corrected chi connectivity index (χ2v) is 4.00. The average molecular weight is 221 g/mol. The van der Waals surface area contributed by atoms with Crippen molar-refractivity contribution in [3.63, 3.8) is 0 Å². The highest BCUT2D eigenvalue weighted by Crippen LogP contribution is 2.18. The number of hydrogen-bond acceptors (Lipinski definition) is 2. The van der Waals surface area contributed by atoms with Crippen molar-refractivity contribution in [2.24, 2.45) is 0 Å². The Hall–Kier alpha value is -0.860. The molecule has 1 aromatic rings. The lowest BCUT2D eigenvalue weighted by molar-refractivity contribution is 0.0472. The third-order valence-electron chi connectivity index (χ3n) is 2.67. The summed E-state index contributed by atoms with van der Waals surface area (Å²) in [7, 11) is 0. The van der Waals surface area contributed by atoms with Crippen LogP contribution in [0, 0.1) is 0 Å². The van der Waals surface area contributed by atoms with Gasteiger partial charge in [0.25, 0.3) is 0 Å². The number of rotatable bonds is 7. The van der Waals surface area contributed by atoms with Gasteiger partial charge in [-0.2, -0.15) is 0 Å². The van der Waals surface area contributed by atoms with E-state index in [1.165, 1.54) is 5.56 Å². The van der Waals surface area contributed by atoms with Crippen molar-refractivity contribution in [2.45, 2.75) is 39.3 Å². The van der Waals surface area contributed by atoms with E-state index in [0.717, 1.165) is 19.6 Å². The highest BCUT2D eigenvalue weighted by molar-refractivity contribution is 5.19. The van der Waals surface area contributed by atoms with E-state index in [-0.39, 0.29) is 6.10 Å². The van der Waals surface area contributed by atoms with Gasteiger partial charge < -0.3 is 10.1 Å². The minimum Gasteiger partial charge on any atom is -0.377 e. The van der Waals surface area contributed by atoms with Gasteiger partial charge in [0.2, 0.25) is 0 Å². The molecule has 1 aromatic carbocycles. The van der Waals surface area contributed by atoms with Gasteiger partial charge >= 0.3 is 0 Å². The van der Waals surface area contributed by atoms with Crippen LogP contribution in [0.5, 0.6) is 0 Å². The lowest BCUT2D eigenvalue weighted by atomic mass is 10.0. The van der Waals surface area contributed by atoms with Gasteiger partial charge in [-0.1, -0.05) is 37.3 Å². The summed E-state index contributed by atoms with van der Waals surface area (Å²) in [5, 5.41) is 3.55. The molecule has 0 heterocycles. The topological polar surface area (TPSA) is 21.3 Å². The normalized spacial score (nSPS) is 14.7. The van der Waals surface area contributed by atoms with Gasteiger partial charge in [0.15, 0.2) is 0 Å². The molecule has 0 radical (unpaired) electrons. The van der Waals surface area contributed by atoms with Crippen LogP contribution in [0.4, 0.5) is 0 Å². The zero-order chi connectivity index (χ0) is 11.8. The zero-order valence-electron chi connectivity index (χ0n) is 10.6. The lowest BCUT2D eigenvalue weighted by Crippen LogP contribution is -2.32. The number of benzene rings is 1. The van der Waals surface area contributed by atoms with E-state index < -0.39 is 0 Å². The molecule has 0 amide bonds. The molecule has 16 heavy (non-hydrogen) atoms. The fourth-order valence-electron chi connectivity index (χ4n) is 1.87. The SMILES string of the molecule is CCCNC(c1ccccc1)C(C)OCC. The molecular formula is C14H23NO. The van der Waals surface area contributed by atoms with E-state index in [9.17, 15) is 0 Å². The molecule has 0 saturated heterocycles. The van der Waals surface area contributed by atoms with Crippen LogP contribution in [0.25, 0.3) is 0 Å². The summed E-state index contributed by atoms with van der Waals surface area (Å²) in [6, 6.07) is 10.8. The van der Waals surface area contributed by atoms with Gasteiger partial charge in [-0.05, 0) is 32.4 Å². The van der Waals surface area contributed by atoms with Crippen molar-refractivity contribution in [3.05, 3.63) is 35.9 Å². The van der Waals surface area contributed by atoms with Crippen LogP contribution in [-0.4, -0.2) is 19.3 Å². The molecule has 0 saturated carbocycles. The second kappa shape index (κ2) is 7.42. The van der Waals surface area contributed by atoms with Gasteiger partial charge in [-0.3, -0.25) is 0 Å². The molecule has 2 nitrogen and oxygen atoms in total. The smallest absolute Gasteiger partial charge is 0.0741 e. The summed E-state index contributed by atoms with van der Waals surface area (Å²) >= 11 is 0. The van der Waals surface area contributed by atoms with E-state index in [4.69, 9.17) is 4.74 Å². The van der Waals surface area contributed by atoms with Crippen molar-refractivity contribution in [1.82, 2.24) is 5.32 Å². The van der Waals surface area contributed by atoms with E-state index in [1.54, 1.807) is 0 Å². The molecule has 1 rings (SSSR count). The first-order chi connectivity index (χ1) is 7.79. The summed E-state index contributed by atoms with van der Waals surface area (Å²) in [6.45, 7) is 8.14. The van der Waals surface area contributed by atoms with Gasteiger partial charge in [0.1, 0.15) is 0 Å². The average Bonchev–Trinajstić information content (AvgIpc) is 2.31. The van der Waals surface area contributed by atoms with E-state index in [0.29, 0.717) is 6.04 Å². The lowest BCUT2D eigenvalue weighted by Gasteiger charge is -2.25. The summed E-state index contributed by atoms with van der Waals surface area (Å²) in [5.41, 5.74) is 1.30. The van der Waals surface area contributed by atoms with Gasteiger partial charge in [0.05, 0.1) is 12.1 Å². The molecule has 2 unspecified atom stereocenters. The third-order valence-corrected chi connectivity index (χ3v) is 2.67. The minimum atomic E-state index is 0.207. The molecular weight excluding hydrogens is 198 g/mol. The van der Waals surface area contributed by atoms with Crippen LogP contribution in [0.3, 0.4) is 0 Å². The molecule has 0 aromatic heterocycles. The van der Waals surface area contributed by atoms with Crippen LogP contribution >= 0.6 is 0 Å². The first-order valence-electron chi connectivity index (χ1n) is 6.19. The van der Waals surface area contributed by atoms with E-state index in [2.05, 4.69) is 43.4 Å². The molecule has 0 spiro atoms. The van der Waals surface area contributed by atoms with Gasteiger partial charge in [-0.25, -0.2) is 0 Å². The maximum Gasteiger partial charge on any atom is 0.0741 e. The van der Waals surface area contributed by atoms with Crippen LogP contribution < -0.4 is 5.32 Å². The fourth-order valence-corrected chi connectivity index (χ4v) is 1.87. The Labute approximate surface area is 99.0 Å².